The number of amides is 1. The summed E-state index contributed by atoms with van der Waals surface area (Å²) in [7, 11) is 0. The van der Waals surface area contributed by atoms with Gasteiger partial charge in [-0.05, 0) is 11.6 Å². The van der Waals surface area contributed by atoms with Crippen LogP contribution in [0.1, 0.15) is 5.56 Å². The van der Waals surface area contributed by atoms with E-state index in [1.54, 1.807) is 0 Å². The number of benzene rings is 1. The third-order valence-electron chi connectivity index (χ3n) is 3.37. The molecule has 116 valence electrons. The highest BCUT2D eigenvalue weighted by Gasteiger charge is 2.21. The van der Waals surface area contributed by atoms with Crippen LogP contribution in [0.3, 0.4) is 0 Å². The number of aromatic nitrogens is 1. The summed E-state index contributed by atoms with van der Waals surface area (Å²) in [6, 6.07) is 7.66. The Hall–Kier alpha value is -1.47. The van der Waals surface area contributed by atoms with Crippen molar-refractivity contribution in [3.63, 3.8) is 0 Å². The molecular weight excluding hydrogens is 322 g/mol. The van der Waals surface area contributed by atoms with Crippen molar-refractivity contribution >= 4 is 28.8 Å². The van der Waals surface area contributed by atoms with Crippen LogP contribution in [0.5, 0.6) is 0 Å². The molecule has 7 heteroatoms. The quantitative estimate of drug-likeness (QED) is 0.927. The van der Waals surface area contributed by atoms with Crippen molar-refractivity contribution < 1.29 is 9.53 Å². The molecule has 1 aliphatic heterocycles. The zero-order chi connectivity index (χ0) is 15.4. The molecule has 0 aliphatic carbocycles. The molecule has 1 unspecified atom stereocenters. The van der Waals surface area contributed by atoms with E-state index in [0.717, 1.165) is 12.1 Å². The van der Waals surface area contributed by atoms with Crippen LogP contribution in [0, 0.1) is 0 Å². The molecule has 3 rings (SSSR count). The maximum Gasteiger partial charge on any atom is 0.278 e. The normalized spacial score (nSPS) is 19.3. The maximum atomic E-state index is 12.2. The fraction of sp³-hybridized carbons (Fsp3) is 0.333. The molecule has 22 heavy (non-hydrogen) atoms. The standard InChI is InChI=1S/C15H16ClN3O2S/c16-12-4-2-1-3-11(12)10-19-6-8-22-15(19)18-14(20)13-9-17-5-7-21-13/h1-4,6,8,13,17H,5,7,9-10H2. The Kier molecular flexibility index (Phi) is 5.04. The molecule has 0 spiro atoms. The summed E-state index contributed by atoms with van der Waals surface area (Å²) in [5.74, 6) is -0.248. The number of rotatable bonds is 3. The molecule has 0 radical (unpaired) electrons. The molecule has 1 saturated heterocycles. The van der Waals surface area contributed by atoms with E-state index in [-0.39, 0.29) is 5.91 Å². The van der Waals surface area contributed by atoms with Gasteiger partial charge >= 0.3 is 0 Å². The number of ether oxygens (including phenoxy) is 1. The minimum atomic E-state index is -0.496. The molecule has 1 aliphatic rings. The van der Waals surface area contributed by atoms with Crippen molar-refractivity contribution in [2.24, 2.45) is 4.99 Å². The number of nitrogens with zero attached hydrogens (tertiary/aromatic N) is 2. The second-order valence-electron chi connectivity index (χ2n) is 4.92. The first-order valence-corrected chi connectivity index (χ1v) is 8.28. The number of morpholine rings is 1. The lowest BCUT2D eigenvalue weighted by Crippen LogP contribution is -2.43. The van der Waals surface area contributed by atoms with Crippen molar-refractivity contribution in [2.45, 2.75) is 12.6 Å². The molecule has 1 aromatic heterocycles. The molecule has 1 aromatic carbocycles. The van der Waals surface area contributed by atoms with Crippen LogP contribution < -0.4 is 10.1 Å². The van der Waals surface area contributed by atoms with Gasteiger partial charge in [0.25, 0.3) is 5.91 Å². The highest BCUT2D eigenvalue weighted by molar-refractivity contribution is 7.07. The summed E-state index contributed by atoms with van der Waals surface area (Å²) >= 11 is 7.61. The average Bonchev–Trinajstić information content (AvgIpc) is 2.97. The monoisotopic (exact) mass is 337 g/mol. The molecule has 2 heterocycles. The Labute approximate surface area is 137 Å². The van der Waals surface area contributed by atoms with Gasteiger partial charge in [-0.2, -0.15) is 4.99 Å². The van der Waals surface area contributed by atoms with Crippen LogP contribution >= 0.6 is 22.9 Å². The molecule has 5 nitrogen and oxygen atoms in total. The summed E-state index contributed by atoms with van der Waals surface area (Å²) in [5, 5.41) is 5.74. The maximum absolute atomic E-state index is 12.2. The third-order valence-corrected chi connectivity index (χ3v) is 4.53. The summed E-state index contributed by atoms with van der Waals surface area (Å²) in [4.78, 5) is 17.0. The Morgan fingerprint density at radius 2 is 2.36 bits per heavy atom. The predicted molar refractivity (Wildman–Crippen MR) is 86.0 cm³/mol. The second-order valence-corrected chi connectivity index (χ2v) is 6.20. The van der Waals surface area contributed by atoms with Gasteiger partial charge in [0.1, 0.15) is 0 Å². The highest BCUT2D eigenvalue weighted by atomic mass is 35.5. The first-order chi connectivity index (χ1) is 10.7. The van der Waals surface area contributed by atoms with Crippen LogP contribution in [0.15, 0.2) is 40.8 Å². The van der Waals surface area contributed by atoms with E-state index in [1.807, 2.05) is 40.4 Å². The first-order valence-electron chi connectivity index (χ1n) is 7.02. The molecular formula is C15H16ClN3O2S. The van der Waals surface area contributed by atoms with Gasteiger partial charge < -0.3 is 14.6 Å². The van der Waals surface area contributed by atoms with Crippen molar-refractivity contribution in [1.29, 1.82) is 0 Å². The van der Waals surface area contributed by atoms with E-state index >= 15 is 0 Å². The number of nitrogens with one attached hydrogen (secondary N) is 1. The number of hydrogen-bond donors (Lipinski definition) is 1. The van der Waals surface area contributed by atoms with Gasteiger partial charge in [0.15, 0.2) is 10.9 Å². The van der Waals surface area contributed by atoms with Gasteiger partial charge in [0.05, 0.1) is 13.2 Å². The molecule has 2 aromatic rings. The van der Waals surface area contributed by atoms with Crippen LogP contribution in [-0.2, 0) is 16.1 Å². The van der Waals surface area contributed by atoms with Gasteiger partial charge in [-0.25, -0.2) is 0 Å². The smallest absolute Gasteiger partial charge is 0.278 e. The van der Waals surface area contributed by atoms with Crippen LogP contribution in [0.25, 0.3) is 0 Å². The Bertz CT molecular complexity index is 719. The lowest BCUT2D eigenvalue weighted by atomic mass is 10.2. The number of carbonyl (C=O) groups excluding carboxylic acids is 1. The number of thiazole rings is 1. The van der Waals surface area contributed by atoms with Crippen molar-refractivity contribution in [1.82, 2.24) is 9.88 Å². The fourth-order valence-corrected chi connectivity index (χ4v) is 3.14. The van der Waals surface area contributed by atoms with Crippen LogP contribution in [0.2, 0.25) is 5.02 Å². The molecule has 1 amide bonds. The van der Waals surface area contributed by atoms with Gasteiger partial charge in [-0.1, -0.05) is 29.8 Å². The van der Waals surface area contributed by atoms with Crippen molar-refractivity contribution in [3.8, 4) is 0 Å². The summed E-state index contributed by atoms with van der Waals surface area (Å²) in [6.45, 7) is 2.41. The molecule has 1 N–H and O–H groups in total. The molecule has 0 saturated carbocycles. The lowest BCUT2D eigenvalue weighted by molar-refractivity contribution is -0.130. The Balaban J connectivity index is 1.81. The zero-order valence-electron chi connectivity index (χ0n) is 11.9. The minimum Gasteiger partial charge on any atom is -0.366 e. The van der Waals surface area contributed by atoms with Gasteiger partial charge in [0, 0.05) is 29.7 Å². The number of halogens is 1. The highest BCUT2D eigenvalue weighted by Crippen LogP contribution is 2.15. The average molecular weight is 338 g/mol. The van der Waals surface area contributed by atoms with E-state index < -0.39 is 6.10 Å². The number of hydrogen-bond acceptors (Lipinski definition) is 4. The van der Waals surface area contributed by atoms with Gasteiger partial charge in [0.2, 0.25) is 0 Å². The topological polar surface area (TPSA) is 55.6 Å². The first kappa shape index (κ1) is 15.4. The summed E-state index contributed by atoms with van der Waals surface area (Å²) < 4.78 is 7.35. The molecule has 1 atom stereocenters. The molecule has 1 fully saturated rings. The SMILES string of the molecule is O=C(N=c1sccn1Cc1ccccc1Cl)C1CNCCO1. The Morgan fingerprint density at radius 1 is 1.50 bits per heavy atom. The lowest BCUT2D eigenvalue weighted by Gasteiger charge is -2.20. The summed E-state index contributed by atoms with van der Waals surface area (Å²) in [6.07, 6.45) is 1.41. The largest absolute Gasteiger partial charge is 0.366 e. The van der Waals surface area contributed by atoms with Crippen LogP contribution in [-0.4, -0.2) is 36.3 Å². The minimum absolute atomic E-state index is 0.248. The van der Waals surface area contributed by atoms with E-state index in [1.165, 1.54) is 11.3 Å². The van der Waals surface area contributed by atoms with Gasteiger partial charge in [-0.3, -0.25) is 4.79 Å². The van der Waals surface area contributed by atoms with E-state index in [2.05, 4.69) is 10.3 Å². The van der Waals surface area contributed by atoms with Gasteiger partial charge in [-0.15, -0.1) is 11.3 Å². The van der Waals surface area contributed by atoms with Crippen LogP contribution in [0.4, 0.5) is 0 Å². The fourth-order valence-electron chi connectivity index (χ4n) is 2.21. The van der Waals surface area contributed by atoms with E-state index in [0.29, 0.717) is 29.5 Å². The zero-order valence-corrected chi connectivity index (χ0v) is 13.4. The Morgan fingerprint density at radius 3 is 3.14 bits per heavy atom. The van der Waals surface area contributed by atoms with E-state index in [4.69, 9.17) is 16.3 Å². The van der Waals surface area contributed by atoms with Crippen molar-refractivity contribution in [2.75, 3.05) is 19.7 Å². The second kappa shape index (κ2) is 7.19. The predicted octanol–water partition coefficient (Wildman–Crippen LogP) is 1.67. The number of carbonyl (C=O) groups is 1. The summed E-state index contributed by atoms with van der Waals surface area (Å²) in [5.41, 5.74) is 0.993. The molecule has 0 bridgehead atoms. The third kappa shape index (κ3) is 3.64. The van der Waals surface area contributed by atoms with E-state index in [9.17, 15) is 4.79 Å². The van der Waals surface area contributed by atoms with Crippen molar-refractivity contribution in [3.05, 3.63) is 51.2 Å².